The topological polar surface area (TPSA) is 72.4 Å². The minimum Gasteiger partial charge on any atom is -0.465 e. The summed E-state index contributed by atoms with van der Waals surface area (Å²) < 4.78 is 6.06. The van der Waals surface area contributed by atoms with E-state index in [1.165, 1.54) is 11.8 Å². The molecule has 0 radical (unpaired) electrons. The third-order valence-electron chi connectivity index (χ3n) is 6.53. The third-order valence-corrected chi connectivity index (χ3v) is 7.48. The van der Waals surface area contributed by atoms with Crippen LogP contribution in [0, 0.1) is 12.3 Å². The van der Waals surface area contributed by atoms with Gasteiger partial charge >= 0.3 is 5.97 Å². The van der Waals surface area contributed by atoms with E-state index in [9.17, 15) is 9.59 Å². The fraction of sp³-hybridized carbons (Fsp3) is 0.294. The number of pyridine rings is 1. The molecule has 0 aliphatic carbocycles. The van der Waals surface area contributed by atoms with E-state index in [1.807, 2.05) is 32.9 Å². The van der Waals surface area contributed by atoms with Crippen molar-refractivity contribution in [3.8, 4) is 11.1 Å². The quantitative estimate of drug-likeness (QED) is 0.192. The van der Waals surface area contributed by atoms with Crippen LogP contribution in [-0.2, 0) is 16.1 Å². The van der Waals surface area contributed by atoms with Gasteiger partial charge in [0.05, 0.1) is 34.4 Å². The maximum atomic E-state index is 13.6. The van der Waals surface area contributed by atoms with Gasteiger partial charge in [0.1, 0.15) is 5.82 Å². The van der Waals surface area contributed by atoms with Crippen molar-refractivity contribution < 1.29 is 14.3 Å². The Balaban J connectivity index is 0.00000189. The molecular formula is C34H37N3O3S. The lowest BCUT2D eigenvalue weighted by Gasteiger charge is -2.27. The van der Waals surface area contributed by atoms with Crippen molar-refractivity contribution in [1.29, 1.82) is 0 Å². The summed E-state index contributed by atoms with van der Waals surface area (Å²) in [7, 11) is 1.36. The summed E-state index contributed by atoms with van der Waals surface area (Å²) in [5.41, 5.74) is 4.48. The van der Waals surface area contributed by atoms with Gasteiger partial charge < -0.3 is 4.74 Å². The number of nitrogens with zero attached hydrogens (tertiary/aromatic N) is 3. The number of anilines is 1. The average Bonchev–Trinajstić information content (AvgIpc) is 3.34. The molecule has 6 nitrogen and oxygen atoms in total. The van der Waals surface area contributed by atoms with Crippen LogP contribution in [-0.4, -0.2) is 29.0 Å². The zero-order valence-electron chi connectivity index (χ0n) is 24.8. The number of benzene rings is 3. The maximum Gasteiger partial charge on any atom is 0.337 e. The van der Waals surface area contributed by atoms with Crippen molar-refractivity contribution in [3.63, 3.8) is 0 Å². The molecule has 0 aliphatic rings. The summed E-state index contributed by atoms with van der Waals surface area (Å²) in [6.45, 7) is 12.6. The molecule has 0 atom stereocenters. The molecule has 5 aromatic rings. The molecule has 0 bridgehead atoms. The molecule has 0 aliphatic heterocycles. The third kappa shape index (κ3) is 6.98. The number of thiazole rings is 1. The number of methoxy groups -OCH3 is 1. The number of hydrogen-bond acceptors (Lipinski definition) is 6. The second-order valence-corrected chi connectivity index (χ2v) is 12.1. The van der Waals surface area contributed by atoms with Crippen LogP contribution >= 0.6 is 11.3 Å². The molecule has 0 unspecified atom stereocenters. The smallest absolute Gasteiger partial charge is 0.337 e. The zero-order valence-corrected chi connectivity index (χ0v) is 25.6. The van der Waals surface area contributed by atoms with Crippen LogP contribution in [0.2, 0.25) is 0 Å². The SMILES string of the molecule is CC.COC(=O)c1ccc2c(N(Cc3ccc(-c4ccc5sc(C)nc5c4)cc3)C(=O)CC(C)(C)C)nccc2c1. The first-order valence-corrected chi connectivity index (χ1v) is 14.7. The Morgan fingerprint density at radius 2 is 1.63 bits per heavy atom. The van der Waals surface area contributed by atoms with Crippen LogP contribution in [0.1, 0.15) is 62.0 Å². The number of hydrogen-bond donors (Lipinski definition) is 0. The molecule has 0 fully saturated rings. The Morgan fingerprint density at radius 1 is 0.927 bits per heavy atom. The number of rotatable bonds is 6. The fourth-order valence-electron chi connectivity index (χ4n) is 4.66. The fourth-order valence-corrected chi connectivity index (χ4v) is 5.47. The molecule has 2 aromatic heterocycles. The second kappa shape index (κ2) is 12.6. The summed E-state index contributed by atoms with van der Waals surface area (Å²) in [5.74, 6) is 0.166. The van der Waals surface area contributed by atoms with Crippen molar-refractivity contribution in [1.82, 2.24) is 9.97 Å². The van der Waals surface area contributed by atoms with Crippen LogP contribution in [0.25, 0.3) is 32.1 Å². The largest absolute Gasteiger partial charge is 0.465 e. The van der Waals surface area contributed by atoms with Crippen molar-refractivity contribution in [3.05, 3.63) is 89.1 Å². The minimum atomic E-state index is -0.403. The van der Waals surface area contributed by atoms with Crippen molar-refractivity contribution in [2.45, 2.75) is 54.5 Å². The first kappa shape index (κ1) is 29.9. The van der Waals surface area contributed by atoms with Crippen molar-refractivity contribution in [2.24, 2.45) is 5.41 Å². The van der Waals surface area contributed by atoms with Crippen LogP contribution in [0.15, 0.2) is 72.9 Å². The first-order chi connectivity index (χ1) is 19.6. The van der Waals surface area contributed by atoms with Gasteiger partial charge in [-0.2, -0.15) is 0 Å². The van der Waals surface area contributed by atoms with E-state index in [2.05, 4.69) is 73.2 Å². The number of ether oxygens (including phenoxy) is 1. The molecule has 212 valence electrons. The number of fused-ring (bicyclic) bond motifs is 2. The predicted molar refractivity (Wildman–Crippen MR) is 169 cm³/mol. The van der Waals surface area contributed by atoms with Gasteiger partial charge in [-0.15, -0.1) is 11.3 Å². The maximum absolute atomic E-state index is 13.6. The van der Waals surface area contributed by atoms with Crippen molar-refractivity contribution >= 4 is 50.0 Å². The summed E-state index contributed by atoms with van der Waals surface area (Å²) in [6, 6.07) is 21.8. The predicted octanol–water partition coefficient (Wildman–Crippen LogP) is 8.60. The lowest BCUT2D eigenvalue weighted by Crippen LogP contribution is -2.34. The number of aromatic nitrogens is 2. The molecule has 0 saturated carbocycles. The van der Waals surface area contributed by atoms with Gasteiger partial charge in [0.2, 0.25) is 5.91 Å². The molecule has 3 aromatic carbocycles. The highest BCUT2D eigenvalue weighted by atomic mass is 32.1. The molecule has 0 N–H and O–H groups in total. The molecule has 5 rings (SSSR count). The summed E-state index contributed by atoms with van der Waals surface area (Å²) in [5, 5.41) is 2.68. The number of carbonyl (C=O) groups excluding carboxylic acids is 2. The zero-order chi connectivity index (χ0) is 29.7. The number of carbonyl (C=O) groups is 2. The van der Waals surface area contributed by atoms with E-state index < -0.39 is 5.97 Å². The summed E-state index contributed by atoms with van der Waals surface area (Å²) >= 11 is 1.70. The normalized spacial score (nSPS) is 11.2. The first-order valence-electron chi connectivity index (χ1n) is 13.9. The van der Waals surface area contributed by atoms with Crippen molar-refractivity contribution in [2.75, 3.05) is 12.0 Å². The lowest BCUT2D eigenvalue weighted by atomic mass is 9.91. The summed E-state index contributed by atoms with van der Waals surface area (Å²) in [6.07, 6.45) is 2.05. The van der Waals surface area contributed by atoms with Crippen LogP contribution in [0.5, 0.6) is 0 Å². The van der Waals surface area contributed by atoms with Gasteiger partial charge in [-0.3, -0.25) is 9.69 Å². The van der Waals surface area contributed by atoms with E-state index in [1.54, 1.807) is 34.6 Å². The van der Waals surface area contributed by atoms with E-state index in [0.29, 0.717) is 24.3 Å². The Labute approximate surface area is 246 Å². The van der Waals surface area contributed by atoms with E-state index >= 15 is 0 Å². The molecule has 7 heteroatoms. The Morgan fingerprint density at radius 3 is 2.32 bits per heavy atom. The number of esters is 1. The lowest BCUT2D eigenvalue weighted by molar-refractivity contribution is -0.120. The number of aryl methyl sites for hydroxylation is 1. The highest BCUT2D eigenvalue weighted by Crippen LogP contribution is 2.31. The Bertz CT molecular complexity index is 1680. The highest BCUT2D eigenvalue weighted by molar-refractivity contribution is 7.18. The van der Waals surface area contributed by atoms with E-state index in [-0.39, 0.29) is 11.3 Å². The summed E-state index contributed by atoms with van der Waals surface area (Å²) in [4.78, 5) is 36.7. The molecule has 0 saturated heterocycles. The van der Waals surface area contributed by atoms with Gasteiger partial charge in [0.25, 0.3) is 0 Å². The Kier molecular flexibility index (Phi) is 9.18. The second-order valence-electron chi connectivity index (χ2n) is 10.9. The van der Waals surface area contributed by atoms with Gasteiger partial charge in [0, 0.05) is 18.0 Å². The van der Waals surface area contributed by atoms with Gasteiger partial charge in [-0.05, 0) is 70.8 Å². The molecule has 1 amide bonds. The van der Waals surface area contributed by atoms with Gasteiger partial charge in [-0.1, -0.05) is 65.0 Å². The van der Waals surface area contributed by atoms with Gasteiger partial charge in [0.15, 0.2) is 0 Å². The monoisotopic (exact) mass is 567 g/mol. The minimum absolute atomic E-state index is 0.00651. The number of amides is 1. The van der Waals surface area contributed by atoms with Crippen LogP contribution in [0.4, 0.5) is 5.82 Å². The molecule has 2 heterocycles. The Hall–Kier alpha value is -4.10. The molecule has 0 spiro atoms. The van der Waals surface area contributed by atoms with Crippen LogP contribution in [0.3, 0.4) is 0 Å². The highest BCUT2D eigenvalue weighted by Gasteiger charge is 2.25. The standard InChI is InChI=1S/C32H31N3O3S.C2H6/c1-20-34-27-17-23(11-13-28(27)39-20)22-8-6-21(7-9-22)19-35(29(36)18-32(2,3)4)30-26-12-10-25(31(37)38-5)16-24(26)14-15-33-30;1-2/h6-17H,18-19H2,1-5H3;1-2H3. The van der Waals surface area contributed by atoms with Gasteiger partial charge in [-0.25, -0.2) is 14.8 Å². The van der Waals surface area contributed by atoms with E-state index in [4.69, 9.17) is 4.74 Å². The van der Waals surface area contributed by atoms with E-state index in [0.717, 1.165) is 38.0 Å². The molecule has 41 heavy (non-hydrogen) atoms. The molecular weight excluding hydrogens is 530 g/mol. The average molecular weight is 568 g/mol. The van der Waals surface area contributed by atoms with Crippen LogP contribution < -0.4 is 4.90 Å².